The third kappa shape index (κ3) is 11.7. The Bertz CT molecular complexity index is 846. The number of unbranched alkanes of at least 4 members (excludes halogenated alkanes) is 14. The SMILES string of the molecule is CCCCCCCCCCc1ccc(C(=O)[O-])c([NH2+]c2ccccc2)c1CCCCCCCCCC. The highest BCUT2D eigenvalue weighted by molar-refractivity contribution is 5.91. The van der Waals surface area contributed by atoms with Gasteiger partial charge in [0.2, 0.25) is 0 Å². The second kappa shape index (κ2) is 19.0. The van der Waals surface area contributed by atoms with Gasteiger partial charge in [0.05, 0.1) is 11.5 Å². The summed E-state index contributed by atoms with van der Waals surface area (Å²) in [7, 11) is 0. The van der Waals surface area contributed by atoms with Crippen LogP contribution in [0.4, 0.5) is 11.4 Å². The molecule has 200 valence electrons. The fraction of sp³-hybridized carbons (Fsp3) is 0.606. The minimum absolute atomic E-state index is 0.327. The van der Waals surface area contributed by atoms with Gasteiger partial charge >= 0.3 is 0 Å². The van der Waals surface area contributed by atoms with Gasteiger partial charge in [-0.25, -0.2) is 0 Å². The third-order valence-corrected chi connectivity index (χ3v) is 7.36. The number of nitrogens with two attached hydrogens (primary N) is 1. The lowest BCUT2D eigenvalue weighted by Gasteiger charge is -2.18. The number of carboxylic acids is 1. The van der Waals surface area contributed by atoms with Crippen LogP contribution >= 0.6 is 0 Å². The first-order chi connectivity index (χ1) is 17.7. The van der Waals surface area contributed by atoms with E-state index < -0.39 is 5.97 Å². The van der Waals surface area contributed by atoms with E-state index in [0.717, 1.165) is 30.6 Å². The first-order valence-electron chi connectivity index (χ1n) is 14.9. The third-order valence-electron chi connectivity index (χ3n) is 7.36. The topological polar surface area (TPSA) is 56.7 Å². The quantitative estimate of drug-likeness (QED) is 0.142. The second-order valence-corrected chi connectivity index (χ2v) is 10.5. The maximum atomic E-state index is 12.1. The van der Waals surface area contributed by atoms with Gasteiger partial charge in [-0.2, -0.15) is 0 Å². The second-order valence-electron chi connectivity index (χ2n) is 10.5. The molecule has 2 N–H and O–H groups in total. The summed E-state index contributed by atoms with van der Waals surface area (Å²) in [4.78, 5) is 12.1. The molecule has 0 fully saturated rings. The van der Waals surface area contributed by atoms with Gasteiger partial charge in [-0.05, 0) is 49.4 Å². The van der Waals surface area contributed by atoms with Crippen molar-refractivity contribution in [2.24, 2.45) is 0 Å². The molecule has 0 atom stereocenters. The summed E-state index contributed by atoms with van der Waals surface area (Å²) in [5.74, 6) is -1.08. The maximum Gasteiger partial charge on any atom is 0.147 e. The van der Waals surface area contributed by atoms with E-state index in [4.69, 9.17) is 0 Å². The van der Waals surface area contributed by atoms with Crippen LogP contribution in [-0.4, -0.2) is 5.97 Å². The lowest BCUT2D eigenvalue weighted by molar-refractivity contribution is -0.479. The molecule has 0 unspecified atom stereocenters. The number of carbonyl (C=O) groups excluding carboxylic acids is 1. The van der Waals surface area contributed by atoms with Crippen molar-refractivity contribution in [2.75, 3.05) is 0 Å². The smallest absolute Gasteiger partial charge is 0.147 e. The Hall–Kier alpha value is -2.13. The van der Waals surface area contributed by atoms with Crippen LogP contribution in [0.1, 0.15) is 138 Å². The molecule has 2 aromatic carbocycles. The minimum Gasteiger partial charge on any atom is -0.545 e. The van der Waals surface area contributed by atoms with Crippen LogP contribution in [0.15, 0.2) is 42.5 Å². The molecule has 2 aromatic rings. The average Bonchev–Trinajstić information content (AvgIpc) is 2.88. The number of quaternary nitrogens is 1. The summed E-state index contributed by atoms with van der Waals surface area (Å²) < 4.78 is 0. The lowest BCUT2D eigenvalue weighted by Crippen LogP contribution is -2.72. The van der Waals surface area contributed by atoms with E-state index in [1.807, 2.05) is 30.3 Å². The van der Waals surface area contributed by atoms with Gasteiger partial charge in [0.25, 0.3) is 0 Å². The van der Waals surface area contributed by atoms with Crippen molar-refractivity contribution in [3.63, 3.8) is 0 Å². The molecule has 36 heavy (non-hydrogen) atoms. The number of aromatic carboxylic acids is 1. The largest absolute Gasteiger partial charge is 0.545 e. The molecule has 0 saturated carbocycles. The predicted molar refractivity (Wildman–Crippen MR) is 151 cm³/mol. The van der Waals surface area contributed by atoms with E-state index in [9.17, 15) is 9.90 Å². The van der Waals surface area contributed by atoms with Gasteiger partial charge in [-0.1, -0.05) is 128 Å². The van der Waals surface area contributed by atoms with Crippen molar-refractivity contribution in [2.45, 2.75) is 129 Å². The molecule has 0 saturated heterocycles. The van der Waals surface area contributed by atoms with Crippen LogP contribution in [0, 0.1) is 0 Å². The summed E-state index contributed by atoms with van der Waals surface area (Å²) in [6.45, 7) is 4.52. The van der Waals surface area contributed by atoms with E-state index in [0.29, 0.717) is 5.56 Å². The van der Waals surface area contributed by atoms with Crippen LogP contribution in [-0.2, 0) is 12.8 Å². The number of carbonyl (C=O) groups is 1. The highest BCUT2D eigenvalue weighted by Gasteiger charge is 2.18. The molecule has 0 spiro atoms. The zero-order valence-electron chi connectivity index (χ0n) is 23.2. The number of carboxylic acid groups (broad SMARTS) is 1. The minimum atomic E-state index is -1.08. The summed E-state index contributed by atoms with van der Waals surface area (Å²) in [5.41, 5.74) is 4.79. The van der Waals surface area contributed by atoms with Crippen LogP contribution in [0.5, 0.6) is 0 Å². The Labute approximate surface area is 221 Å². The molecule has 0 aromatic heterocycles. The highest BCUT2D eigenvalue weighted by atomic mass is 16.4. The fourth-order valence-electron chi connectivity index (χ4n) is 5.18. The normalized spacial score (nSPS) is 11.2. The number of para-hydroxylation sites is 1. The van der Waals surface area contributed by atoms with Gasteiger partial charge < -0.3 is 9.90 Å². The first-order valence-corrected chi connectivity index (χ1v) is 14.9. The van der Waals surface area contributed by atoms with E-state index in [1.54, 1.807) is 6.07 Å². The number of benzene rings is 2. The molecule has 0 heterocycles. The Morgan fingerprint density at radius 3 is 1.67 bits per heavy atom. The van der Waals surface area contributed by atoms with Crippen LogP contribution < -0.4 is 10.4 Å². The average molecular weight is 494 g/mol. The van der Waals surface area contributed by atoms with Crippen molar-refractivity contribution in [3.05, 3.63) is 59.2 Å². The molecule has 3 nitrogen and oxygen atoms in total. The number of rotatable bonds is 21. The van der Waals surface area contributed by atoms with Gasteiger partial charge in [0.15, 0.2) is 0 Å². The first kappa shape index (κ1) is 30.1. The van der Waals surface area contributed by atoms with Gasteiger partial charge in [-0.3, -0.25) is 5.32 Å². The molecular weight excluding hydrogens is 442 g/mol. The maximum absolute atomic E-state index is 12.1. The van der Waals surface area contributed by atoms with Gasteiger partial charge in [-0.15, -0.1) is 0 Å². The summed E-state index contributed by atoms with van der Waals surface area (Å²) in [6.07, 6.45) is 22.6. The molecule has 0 bridgehead atoms. The Balaban J connectivity index is 2.06. The zero-order chi connectivity index (χ0) is 25.8. The van der Waals surface area contributed by atoms with Crippen LogP contribution in [0.25, 0.3) is 0 Å². The lowest BCUT2D eigenvalue weighted by atomic mass is 9.92. The number of aryl methyl sites for hydroxylation is 1. The van der Waals surface area contributed by atoms with Crippen molar-refractivity contribution in [1.82, 2.24) is 0 Å². The van der Waals surface area contributed by atoms with E-state index in [2.05, 4.69) is 25.2 Å². The monoisotopic (exact) mass is 493 g/mol. The Kier molecular flexibility index (Phi) is 15.9. The zero-order valence-corrected chi connectivity index (χ0v) is 23.2. The number of hydrogen-bond donors (Lipinski definition) is 1. The van der Waals surface area contributed by atoms with E-state index in [-0.39, 0.29) is 0 Å². The Morgan fingerprint density at radius 1 is 0.639 bits per heavy atom. The van der Waals surface area contributed by atoms with Crippen LogP contribution in [0.3, 0.4) is 0 Å². The molecule has 3 heteroatoms. The summed E-state index contributed by atoms with van der Waals surface area (Å²) >= 11 is 0. The van der Waals surface area contributed by atoms with E-state index >= 15 is 0 Å². The summed E-state index contributed by atoms with van der Waals surface area (Å²) in [5, 5.41) is 14.1. The van der Waals surface area contributed by atoms with Gasteiger partial charge in [0, 0.05) is 5.56 Å². The van der Waals surface area contributed by atoms with Crippen molar-refractivity contribution in [1.29, 1.82) is 0 Å². The van der Waals surface area contributed by atoms with Crippen molar-refractivity contribution in [3.8, 4) is 0 Å². The molecule has 2 rings (SSSR count). The Morgan fingerprint density at radius 2 is 1.14 bits per heavy atom. The molecule has 0 aliphatic carbocycles. The molecule has 0 amide bonds. The molecule has 0 aliphatic heterocycles. The fourth-order valence-corrected chi connectivity index (χ4v) is 5.18. The van der Waals surface area contributed by atoms with E-state index in [1.165, 1.54) is 107 Å². The predicted octanol–water partition coefficient (Wildman–Crippen LogP) is 7.94. The molecule has 0 aliphatic rings. The molecule has 0 radical (unpaired) electrons. The molecular formula is C33H51NO2. The van der Waals surface area contributed by atoms with Crippen molar-refractivity contribution >= 4 is 17.3 Å². The standard InChI is InChI=1S/C33H51NO2/c1-3-5-7-9-11-13-15-18-22-28-26-27-31(33(35)36)32(34-29-23-19-17-20-24-29)30(28)25-21-16-14-12-10-8-6-4-2/h17,19-20,23-24,26-27,34H,3-16,18,21-22,25H2,1-2H3,(H,35,36). The van der Waals surface area contributed by atoms with Crippen LogP contribution in [0.2, 0.25) is 0 Å². The summed E-state index contributed by atoms with van der Waals surface area (Å²) in [6, 6.07) is 13.9. The highest BCUT2D eigenvalue weighted by Crippen LogP contribution is 2.26. The van der Waals surface area contributed by atoms with Crippen molar-refractivity contribution < 1.29 is 15.2 Å². The van der Waals surface area contributed by atoms with Gasteiger partial charge in [0.1, 0.15) is 11.4 Å². The number of hydrogen-bond acceptors (Lipinski definition) is 2.